The molecule has 1 aromatic heterocycles. The fourth-order valence-corrected chi connectivity index (χ4v) is 12.2. The van der Waals surface area contributed by atoms with E-state index in [1.807, 2.05) is 0 Å². The van der Waals surface area contributed by atoms with Crippen molar-refractivity contribution in [3.8, 4) is 0 Å². The lowest BCUT2D eigenvalue weighted by Crippen LogP contribution is -2.69. The number of nitrogens with zero attached hydrogens (tertiary/aromatic N) is 3. The van der Waals surface area contributed by atoms with Gasteiger partial charge in [0.1, 0.15) is 12.4 Å². The summed E-state index contributed by atoms with van der Waals surface area (Å²) in [6.45, 7) is 23.8. The Kier molecular flexibility index (Phi) is 8.84. The number of aromatic nitrogens is 2. The Morgan fingerprint density at radius 2 is 1.86 bits per heavy atom. The Balaban J connectivity index is 1.45. The topological polar surface area (TPSA) is 143 Å². The molecular weight excluding hydrogens is 620 g/mol. The molecule has 0 spiro atoms. The Bertz CT molecular complexity index is 1500. The maximum atomic E-state index is 13.4. The third kappa shape index (κ3) is 5.19. The molecule has 1 saturated heterocycles. The van der Waals surface area contributed by atoms with Gasteiger partial charge < -0.3 is 20.3 Å². The minimum absolute atomic E-state index is 0.0291. The molecule has 10 nitrogen and oxygen atoms in total. The number of nitrogens with two attached hydrogens (primary N) is 1. The predicted molar refractivity (Wildman–Crippen MR) is 189 cm³/mol. The molecule has 2 heterocycles. The van der Waals surface area contributed by atoms with Crippen LogP contribution in [0, 0.1) is 72.2 Å². The largest absolute Gasteiger partial charge is 0.481 e. The first kappa shape index (κ1) is 36.5. The number of hydrogen-bond donors (Lipinski definition) is 2. The molecule has 4 fully saturated rings. The quantitative estimate of drug-likeness (QED) is 0.162. The van der Waals surface area contributed by atoms with Crippen molar-refractivity contribution < 1.29 is 24.3 Å². The zero-order valence-corrected chi connectivity index (χ0v) is 31.6. The van der Waals surface area contributed by atoms with E-state index < -0.39 is 17.3 Å². The van der Waals surface area contributed by atoms with Crippen molar-refractivity contribution in [1.29, 1.82) is 0 Å². The molecule has 0 aromatic carbocycles. The first-order valence-corrected chi connectivity index (χ1v) is 18.7. The molecule has 12 atom stereocenters. The predicted octanol–water partition coefficient (Wildman–Crippen LogP) is 7.68. The molecule has 5 aliphatic rings. The van der Waals surface area contributed by atoms with Crippen molar-refractivity contribution in [2.24, 2.45) is 67.8 Å². The lowest BCUT2D eigenvalue weighted by Gasteiger charge is -2.71. The zero-order valence-electron chi connectivity index (χ0n) is 31.6. The van der Waals surface area contributed by atoms with Crippen LogP contribution in [-0.4, -0.2) is 57.7 Å². The van der Waals surface area contributed by atoms with Crippen LogP contribution in [0.2, 0.25) is 0 Å². The van der Waals surface area contributed by atoms with E-state index >= 15 is 0 Å². The first-order chi connectivity index (χ1) is 22.7. The average Bonchev–Trinajstić information content (AvgIpc) is 3.50. The van der Waals surface area contributed by atoms with Gasteiger partial charge in [0.05, 0.1) is 42.8 Å². The SMILES string of the molecule is CC(C)[C@@H](C)[C@@]1(C)CC[C@]2(C)[C@H]3CC[C@@H]4[C@@]5(COC[C@@]4(C)[C@@H](OC[C@H](N)C(C)(C)C)[C@H](n4cc([N+](=O)[O-])cn4)C5)C3=CC[C@@]2(C)[C@@H]1C(=O)O. The molecule has 0 radical (unpaired) electrons. The van der Waals surface area contributed by atoms with Crippen LogP contribution >= 0.6 is 0 Å². The average molecular weight is 683 g/mol. The summed E-state index contributed by atoms with van der Waals surface area (Å²) in [7, 11) is 0. The number of carboxylic acids is 1. The van der Waals surface area contributed by atoms with Crippen LogP contribution in [0.3, 0.4) is 0 Å². The first-order valence-electron chi connectivity index (χ1n) is 18.7. The Morgan fingerprint density at radius 3 is 2.45 bits per heavy atom. The summed E-state index contributed by atoms with van der Waals surface area (Å²) in [6.07, 6.45) is 10.4. The summed E-state index contributed by atoms with van der Waals surface area (Å²) in [5, 5.41) is 27.4. The number of carbonyl (C=O) groups is 1. The summed E-state index contributed by atoms with van der Waals surface area (Å²) in [5.41, 5.74) is 6.30. The number of allylic oxidation sites excluding steroid dienone is 1. The van der Waals surface area contributed by atoms with Crippen molar-refractivity contribution in [3.63, 3.8) is 0 Å². The van der Waals surface area contributed by atoms with Crippen LogP contribution in [0.4, 0.5) is 5.69 Å². The van der Waals surface area contributed by atoms with Gasteiger partial charge in [0.2, 0.25) is 0 Å². The van der Waals surface area contributed by atoms with Gasteiger partial charge in [0, 0.05) is 16.9 Å². The number of aliphatic carboxylic acids is 1. The Labute approximate surface area is 293 Å². The maximum Gasteiger partial charge on any atom is 0.307 e. The molecular formula is C39H62N4O6. The Hall–Kier alpha value is -2.30. The number of carboxylic acid groups (broad SMARTS) is 1. The van der Waals surface area contributed by atoms with E-state index in [-0.39, 0.29) is 73.6 Å². The van der Waals surface area contributed by atoms with E-state index in [1.165, 1.54) is 11.8 Å². The molecule has 0 unspecified atom stereocenters. The lowest BCUT2D eigenvalue weighted by atomic mass is 9.34. The molecule has 274 valence electrons. The van der Waals surface area contributed by atoms with Gasteiger partial charge in [-0.25, -0.2) is 0 Å². The molecule has 2 bridgehead atoms. The summed E-state index contributed by atoms with van der Waals surface area (Å²) < 4.78 is 15.3. The molecule has 3 N–H and O–H groups in total. The molecule has 0 amide bonds. The lowest BCUT2D eigenvalue weighted by molar-refractivity contribution is -0.385. The molecule has 4 aliphatic carbocycles. The second kappa shape index (κ2) is 11.9. The normalized spacial score (nSPS) is 43.1. The minimum atomic E-state index is -0.660. The highest BCUT2D eigenvalue weighted by molar-refractivity contribution is 5.73. The fourth-order valence-electron chi connectivity index (χ4n) is 12.2. The van der Waals surface area contributed by atoms with E-state index in [9.17, 15) is 20.0 Å². The van der Waals surface area contributed by atoms with Crippen LogP contribution in [0.25, 0.3) is 0 Å². The van der Waals surface area contributed by atoms with Crippen molar-refractivity contribution in [2.75, 3.05) is 19.8 Å². The monoisotopic (exact) mass is 682 g/mol. The van der Waals surface area contributed by atoms with Gasteiger partial charge in [-0.15, -0.1) is 0 Å². The highest BCUT2D eigenvalue weighted by Crippen LogP contribution is 2.75. The van der Waals surface area contributed by atoms with E-state index in [0.717, 1.165) is 32.1 Å². The highest BCUT2D eigenvalue weighted by atomic mass is 16.6. The number of ether oxygens (including phenoxy) is 2. The second-order valence-corrected chi connectivity index (χ2v) is 19.3. The van der Waals surface area contributed by atoms with Gasteiger partial charge >= 0.3 is 11.7 Å². The minimum Gasteiger partial charge on any atom is -0.481 e. The van der Waals surface area contributed by atoms with E-state index in [4.69, 9.17) is 15.2 Å². The standard InChI is InChI=1S/C39H62N4O6/c1-23(2)24(3)35(7)15-16-37(9)26-11-12-29-36(8)21-48-22-39(29,27(26)13-14-38(37,10)31(35)33(44)45)17-28(42-19-25(18-41-42)43(46)47)32(36)49-20-30(40)34(4,5)6/h13,18-19,23-24,26,28-32H,11-12,14-17,20-22,40H2,1-10H3,(H,44,45)/t24-,26+,28-,29+,30+,31-,32+,35-,36-,37-,38+,39+/m1/s1. The van der Waals surface area contributed by atoms with Gasteiger partial charge in [-0.05, 0) is 83.9 Å². The molecule has 49 heavy (non-hydrogen) atoms. The number of hydrogen-bond acceptors (Lipinski definition) is 7. The molecule has 6 rings (SSSR count). The second-order valence-electron chi connectivity index (χ2n) is 19.3. The molecule has 10 heteroatoms. The fraction of sp³-hybridized carbons (Fsp3) is 0.846. The van der Waals surface area contributed by atoms with Gasteiger partial charge in [-0.1, -0.05) is 80.9 Å². The van der Waals surface area contributed by atoms with Crippen LogP contribution in [0.1, 0.15) is 114 Å². The van der Waals surface area contributed by atoms with Gasteiger partial charge in [-0.2, -0.15) is 5.10 Å². The van der Waals surface area contributed by atoms with Gasteiger partial charge in [0.15, 0.2) is 0 Å². The van der Waals surface area contributed by atoms with E-state index in [0.29, 0.717) is 32.2 Å². The molecule has 1 aliphatic heterocycles. The van der Waals surface area contributed by atoms with Crippen LogP contribution in [0.5, 0.6) is 0 Å². The van der Waals surface area contributed by atoms with Gasteiger partial charge in [0.25, 0.3) is 0 Å². The van der Waals surface area contributed by atoms with E-state index in [2.05, 4.69) is 80.4 Å². The third-order valence-corrected chi connectivity index (χ3v) is 15.8. The summed E-state index contributed by atoms with van der Waals surface area (Å²) in [5.74, 6) is 0.0762. The van der Waals surface area contributed by atoms with Gasteiger partial charge in [-0.3, -0.25) is 19.6 Å². The maximum absolute atomic E-state index is 13.4. The van der Waals surface area contributed by atoms with Crippen LogP contribution in [-0.2, 0) is 14.3 Å². The van der Waals surface area contributed by atoms with Crippen molar-refractivity contribution >= 4 is 11.7 Å². The van der Waals surface area contributed by atoms with Crippen molar-refractivity contribution in [3.05, 3.63) is 34.2 Å². The van der Waals surface area contributed by atoms with E-state index in [1.54, 1.807) is 10.9 Å². The number of nitro groups is 1. The molecule has 1 aromatic rings. The Morgan fingerprint density at radius 1 is 1.16 bits per heavy atom. The zero-order chi connectivity index (χ0) is 36.1. The summed E-state index contributed by atoms with van der Waals surface area (Å²) >= 11 is 0. The highest BCUT2D eigenvalue weighted by Gasteiger charge is 2.72. The van der Waals surface area contributed by atoms with Crippen LogP contribution in [0.15, 0.2) is 24.0 Å². The summed E-state index contributed by atoms with van der Waals surface area (Å²) in [6, 6.07) is -0.438. The smallest absolute Gasteiger partial charge is 0.307 e. The van der Waals surface area contributed by atoms with Crippen molar-refractivity contribution in [2.45, 2.75) is 126 Å². The molecule has 3 saturated carbocycles. The van der Waals surface area contributed by atoms with Crippen LogP contribution < -0.4 is 5.73 Å². The van der Waals surface area contributed by atoms with Crippen molar-refractivity contribution in [1.82, 2.24) is 9.78 Å². The number of rotatable bonds is 8. The summed E-state index contributed by atoms with van der Waals surface area (Å²) in [4.78, 5) is 24.9. The third-order valence-electron chi connectivity index (χ3n) is 15.8. The number of fused-ring (bicyclic) bond motifs is 3.